The van der Waals surface area contributed by atoms with E-state index in [1.807, 2.05) is 30.3 Å². The van der Waals surface area contributed by atoms with Gasteiger partial charge in [0.2, 0.25) is 0 Å². The van der Waals surface area contributed by atoms with Crippen molar-refractivity contribution in [2.45, 2.75) is 0 Å². The van der Waals surface area contributed by atoms with Crippen LogP contribution in [0.4, 0.5) is 0 Å². The molecule has 52 heavy (non-hydrogen) atoms. The number of rotatable bonds is 4. The summed E-state index contributed by atoms with van der Waals surface area (Å²) >= 11 is 0. The molecule has 0 radical (unpaired) electrons. The first-order chi connectivity index (χ1) is 25.7. The first-order valence-electron chi connectivity index (χ1n) is 17.3. The van der Waals surface area contributed by atoms with Crippen LogP contribution in [0, 0.1) is 0 Å². The molecule has 0 aliphatic carbocycles. The zero-order chi connectivity index (χ0) is 34.2. The lowest BCUT2D eigenvalue weighted by atomic mass is 9.96. The summed E-state index contributed by atoms with van der Waals surface area (Å²) in [6.45, 7) is 0. The monoisotopic (exact) mass is 665 g/mol. The molecule has 5 nitrogen and oxygen atoms in total. The molecule has 0 fully saturated rings. The van der Waals surface area contributed by atoms with E-state index in [1.54, 1.807) is 0 Å². The Balaban J connectivity index is 1.19. The van der Waals surface area contributed by atoms with Crippen LogP contribution in [0.3, 0.4) is 0 Å². The van der Waals surface area contributed by atoms with E-state index in [2.05, 4.69) is 133 Å². The van der Waals surface area contributed by atoms with E-state index < -0.39 is 0 Å². The Morgan fingerprint density at radius 2 is 0.923 bits per heavy atom. The third-order valence-electron chi connectivity index (χ3n) is 10.1. The van der Waals surface area contributed by atoms with Gasteiger partial charge in [-0.3, -0.25) is 0 Å². The average molecular weight is 666 g/mol. The largest absolute Gasteiger partial charge is 0.456 e. The van der Waals surface area contributed by atoms with Crippen LogP contribution >= 0.6 is 0 Å². The zero-order valence-electron chi connectivity index (χ0n) is 27.7. The summed E-state index contributed by atoms with van der Waals surface area (Å²) in [6, 6.07) is 56.4. The van der Waals surface area contributed by atoms with E-state index in [9.17, 15) is 0 Å². The Labute approximate surface area is 297 Å². The first-order valence-corrected chi connectivity index (χ1v) is 17.3. The van der Waals surface area contributed by atoms with Crippen molar-refractivity contribution in [2.24, 2.45) is 0 Å². The van der Waals surface area contributed by atoms with Crippen LogP contribution in [0.15, 0.2) is 173 Å². The summed E-state index contributed by atoms with van der Waals surface area (Å²) in [7, 11) is 0. The smallest absolute Gasteiger partial charge is 0.167 e. The molecule has 0 N–H and O–H groups in total. The minimum atomic E-state index is 0.533. The molecule has 3 heterocycles. The lowest BCUT2D eigenvalue weighted by Crippen LogP contribution is -2.00. The van der Waals surface area contributed by atoms with Crippen molar-refractivity contribution >= 4 is 65.4 Å². The van der Waals surface area contributed by atoms with Gasteiger partial charge >= 0.3 is 0 Å². The number of para-hydroxylation sites is 1. The van der Waals surface area contributed by atoms with Crippen LogP contribution in [0.2, 0.25) is 0 Å². The van der Waals surface area contributed by atoms with Crippen LogP contribution < -0.4 is 0 Å². The standard InChI is InChI=1S/C47H27N3O2/c1-2-11-29(12-3-1)35-22-23-38(44-43(35)39-25-31-14-6-7-15-32(31)26-42(39)52-44)47-49-45(33-19-18-28-10-4-5-13-30(28)24-33)48-46(50-47)34-20-21-37-36-16-8-9-17-40(36)51-41(37)27-34/h1-27H. The molecule has 5 heteroatoms. The highest BCUT2D eigenvalue weighted by Crippen LogP contribution is 2.43. The van der Waals surface area contributed by atoms with Gasteiger partial charge in [-0.25, -0.2) is 15.0 Å². The number of fused-ring (bicyclic) bond motifs is 8. The molecule has 11 aromatic rings. The Morgan fingerprint density at radius 3 is 1.75 bits per heavy atom. The van der Waals surface area contributed by atoms with Gasteiger partial charge < -0.3 is 8.83 Å². The number of nitrogens with zero attached hydrogens (tertiary/aromatic N) is 3. The number of hydrogen-bond acceptors (Lipinski definition) is 5. The number of furan rings is 2. The second-order valence-corrected chi connectivity index (χ2v) is 13.2. The highest BCUT2D eigenvalue weighted by Gasteiger charge is 2.22. The highest BCUT2D eigenvalue weighted by molar-refractivity contribution is 6.18. The van der Waals surface area contributed by atoms with E-state index in [-0.39, 0.29) is 0 Å². The average Bonchev–Trinajstić information content (AvgIpc) is 3.77. The maximum absolute atomic E-state index is 6.83. The van der Waals surface area contributed by atoms with Crippen LogP contribution in [-0.4, -0.2) is 15.0 Å². The summed E-state index contributed by atoms with van der Waals surface area (Å²) in [4.78, 5) is 15.4. The fourth-order valence-electron chi connectivity index (χ4n) is 7.55. The molecule has 0 saturated carbocycles. The first kappa shape index (κ1) is 28.7. The van der Waals surface area contributed by atoms with E-state index in [0.29, 0.717) is 17.5 Å². The molecule has 8 aromatic carbocycles. The topological polar surface area (TPSA) is 65.0 Å². The van der Waals surface area contributed by atoms with Crippen LogP contribution in [0.1, 0.15) is 0 Å². The van der Waals surface area contributed by atoms with Crippen LogP contribution in [0.25, 0.3) is 111 Å². The maximum atomic E-state index is 6.83. The lowest BCUT2D eigenvalue weighted by molar-refractivity contribution is 0.668. The molecule has 242 valence electrons. The maximum Gasteiger partial charge on any atom is 0.167 e. The van der Waals surface area contributed by atoms with Gasteiger partial charge in [0.15, 0.2) is 17.5 Å². The molecule has 0 bridgehead atoms. The summed E-state index contributed by atoms with van der Waals surface area (Å²) < 4.78 is 13.1. The number of hydrogen-bond donors (Lipinski definition) is 0. The van der Waals surface area contributed by atoms with E-state index >= 15 is 0 Å². The van der Waals surface area contributed by atoms with Gasteiger partial charge in [0, 0.05) is 32.7 Å². The van der Waals surface area contributed by atoms with Gasteiger partial charge in [0.1, 0.15) is 22.3 Å². The Hall–Kier alpha value is -7.11. The molecule has 0 amide bonds. The normalized spacial score (nSPS) is 11.8. The molecule has 0 aliphatic heterocycles. The second-order valence-electron chi connectivity index (χ2n) is 13.2. The second kappa shape index (κ2) is 11.2. The van der Waals surface area contributed by atoms with Crippen molar-refractivity contribution in [1.29, 1.82) is 0 Å². The van der Waals surface area contributed by atoms with Crippen molar-refractivity contribution in [2.75, 3.05) is 0 Å². The number of aromatic nitrogens is 3. The Morgan fingerprint density at radius 1 is 0.327 bits per heavy atom. The van der Waals surface area contributed by atoms with Gasteiger partial charge in [-0.15, -0.1) is 0 Å². The van der Waals surface area contributed by atoms with E-state index in [1.165, 1.54) is 0 Å². The van der Waals surface area contributed by atoms with Gasteiger partial charge in [0.05, 0.1) is 5.56 Å². The minimum Gasteiger partial charge on any atom is -0.456 e. The SMILES string of the molecule is c1ccc(-c2ccc(-c3nc(-c4ccc5ccccc5c4)nc(-c4ccc5c(c4)oc4ccccc45)n3)c3oc4cc5ccccc5cc4c23)cc1. The summed E-state index contributed by atoms with van der Waals surface area (Å²) in [6.07, 6.45) is 0. The van der Waals surface area contributed by atoms with E-state index in [0.717, 1.165) is 93.2 Å². The molecule has 0 unspecified atom stereocenters. The van der Waals surface area contributed by atoms with Crippen LogP contribution in [0.5, 0.6) is 0 Å². The third-order valence-corrected chi connectivity index (χ3v) is 10.1. The van der Waals surface area contributed by atoms with Crippen molar-refractivity contribution in [1.82, 2.24) is 15.0 Å². The zero-order valence-corrected chi connectivity index (χ0v) is 27.7. The fourth-order valence-corrected chi connectivity index (χ4v) is 7.55. The third kappa shape index (κ3) is 4.53. The fraction of sp³-hybridized carbons (Fsp3) is 0. The molecule has 3 aromatic heterocycles. The van der Waals surface area contributed by atoms with Crippen molar-refractivity contribution < 1.29 is 8.83 Å². The quantitative estimate of drug-likeness (QED) is 0.187. The molecule has 0 atom stereocenters. The van der Waals surface area contributed by atoms with E-state index in [4.69, 9.17) is 23.8 Å². The van der Waals surface area contributed by atoms with Crippen molar-refractivity contribution in [3.63, 3.8) is 0 Å². The molecule has 0 saturated heterocycles. The van der Waals surface area contributed by atoms with Gasteiger partial charge in [-0.1, -0.05) is 121 Å². The summed E-state index contributed by atoms with van der Waals surface area (Å²) in [5.74, 6) is 1.67. The minimum absolute atomic E-state index is 0.533. The van der Waals surface area contributed by atoms with Gasteiger partial charge in [-0.2, -0.15) is 0 Å². The predicted molar refractivity (Wildman–Crippen MR) is 211 cm³/mol. The molecular formula is C47H27N3O2. The highest BCUT2D eigenvalue weighted by atomic mass is 16.3. The molecular weight excluding hydrogens is 639 g/mol. The van der Waals surface area contributed by atoms with Crippen molar-refractivity contribution in [3.8, 4) is 45.3 Å². The van der Waals surface area contributed by atoms with Crippen LogP contribution in [-0.2, 0) is 0 Å². The predicted octanol–water partition coefficient (Wildman–Crippen LogP) is 12.6. The molecule has 11 rings (SSSR count). The Bertz CT molecular complexity index is 3190. The van der Waals surface area contributed by atoms with Gasteiger partial charge in [-0.05, 0) is 75.1 Å². The number of benzene rings is 8. The Kier molecular flexibility index (Phi) is 6.18. The van der Waals surface area contributed by atoms with Crippen molar-refractivity contribution in [3.05, 3.63) is 164 Å². The lowest BCUT2D eigenvalue weighted by Gasteiger charge is -2.11. The molecule has 0 aliphatic rings. The summed E-state index contributed by atoms with van der Waals surface area (Å²) in [5.41, 5.74) is 7.93. The molecule has 0 spiro atoms. The van der Waals surface area contributed by atoms with Gasteiger partial charge in [0.25, 0.3) is 0 Å². The summed E-state index contributed by atoms with van der Waals surface area (Å²) in [5, 5.41) is 8.77.